The molecule has 0 spiro atoms. The highest BCUT2D eigenvalue weighted by atomic mass is 16.6. The highest BCUT2D eigenvalue weighted by Crippen LogP contribution is 2.37. The molecule has 2 aliphatic rings. The molecule has 0 N–H and O–H groups in total. The molecule has 1 saturated carbocycles. The predicted molar refractivity (Wildman–Crippen MR) is 93.4 cm³/mol. The first kappa shape index (κ1) is 18.3. The molecule has 1 heterocycles. The van der Waals surface area contributed by atoms with Crippen LogP contribution in [0.15, 0.2) is 18.2 Å². The van der Waals surface area contributed by atoms with Gasteiger partial charge in [0.1, 0.15) is 0 Å². The molecule has 0 unspecified atom stereocenters. The lowest BCUT2D eigenvalue weighted by Gasteiger charge is -2.19. The molecule has 1 aromatic rings. The average molecular weight is 364 g/mol. The summed E-state index contributed by atoms with van der Waals surface area (Å²) in [7, 11) is 2.85. The molecule has 1 aliphatic heterocycles. The Balaban J connectivity index is 1.86. The number of hydrogen-bond donors (Lipinski definition) is 0. The molecule has 1 amide bonds. The lowest BCUT2D eigenvalue weighted by Crippen LogP contribution is -2.31. The van der Waals surface area contributed by atoms with E-state index in [9.17, 15) is 14.9 Å². The van der Waals surface area contributed by atoms with E-state index in [0.29, 0.717) is 11.5 Å². The molecule has 26 heavy (non-hydrogen) atoms. The van der Waals surface area contributed by atoms with Crippen molar-refractivity contribution < 1.29 is 23.9 Å². The molecule has 3 rings (SSSR count). The van der Waals surface area contributed by atoms with E-state index in [-0.39, 0.29) is 24.1 Å². The molecular weight excluding hydrogens is 340 g/mol. The summed E-state index contributed by atoms with van der Waals surface area (Å²) in [4.78, 5) is 24.3. The molecule has 2 atom stereocenters. The van der Waals surface area contributed by atoms with Crippen LogP contribution in [0.3, 0.4) is 0 Å². The van der Waals surface area contributed by atoms with Crippen LogP contribution in [0.5, 0.6) is 11.5 Å². The number of methoxy groups -OCH3 is 2. The van der Waals surface area contributed by atoms with Crippen molar-refractivity contribution in [1.29, 1.82) is 0 Å². The van der Waals surface area contributed by atoms with Crippen molar-refractivity contribution in [2.75, 3.05) is 27.3 Å². The smallest absolute Gasteiger partial charge is 0.409 e. The minimum absolute atomic E-state index is 0.0369. The summed E-state index contributed by atoms with van der Waals surface area (Å²) >= 11 is 0. The normalized spacial score (nSPS) is 23.1. The van der Waals surface area contributed by atoms with Crippen molar-refractivity contribution in [3.8, 4) is 11.5 Å². The number of likely N-dealkylation sites (tertiary alicyclic amines) is 1. The standard InChI is InChI=1S/C18H24N2O6/c1-24-16-8-7-12(9-17(16)26-13-5-3-4-6-13)14-10-19(18(21)25-2)11-15(14)20(22)23/h7-9,13-15H,3-6,10-11H2,1-2H3/t14-,15+/m0/s1. The van der Waals surface area contributed by atoms with Gasteiger partial charge < -0.3 is 19.1 Å². The molecule has 0 bridgehead atoms. The molecule has 2 fully saturated rings. The number of amides is 1. The molecule has 142 valence electrons. The van der Waals surface area contributed by atoms with Crippen LogP contribution in [0.2, 0.25) is 0 Å². The van der Waals surface area contributed by atoms with E-state index in [1.54, 1.807) is 13.2 Å². The zero-order valence-corrected chi connectivity index (χ0v) is 15.1. The van der Waals surface area contributed by atoms with Crippen LogP contribution in [0.25, 0.3) is 0 Å². The van der Waals surface area contributed by atoms with Gasteiger partial charge in [0.05, 0.1) is 32.8 Å². The Bertz CT molecular complexity index is 674. The van der Waals surface area contributed by atoms with Gasteiger partial charge in [0, 0.05) is 11.5 Å². The molecule has 1 saturated heterocycles. The van der Waals surface area contributed by atoms with Gasteiger partial charge in [-0.3, -0.25) is 10.1 Å². The highest BCUT2D eigenvalue weighted by Gasteiger charge is 2.44. The van der Waals surface area contributed by atoms with Crippen LogP contribution in [0, 0.1) is 10.1 Å². The number of carbonyl (C=O) groups excluding carboxylic acids is 1. The molecule has 1 aromatic carbocycles. The van der Waals surface area contributed by atoms with Crippen LogP contribution < -0.4 is 9.47 Å². The van der Waals surface area contributed by atoms with Crippen molar-refractivity contribution in [2.24, 2.45) is 0 Å². The molecule has 1 aliphatic carbocycles. The third-order valence-corrected chi connectivity index (χ3v) is 5.20. The Hall–Kier alpha value is -2.51. The van der Waals surface area contributed by atoms with Gasteiger partial charge in [0.2, 0.25) is 6.04 Å². The lowest BCUT2D eigenvalue weighted by molar-refractivity contribution is -0.520. The van der Waals surface area contributed by atoms with Crippen LogP contribution in [0.4, 0.5) is 4.79 Å². The quantitative estimate of drug-likeness (QED) is 0.589. The third-order valence-electron chi connectivity index (χ3n) is 5.20. The van der Waals surface area contributed by atoms with Gasteiger partial charge in [-0.2, -0.15) is 0 Å². The highest BCUT2D eigenvalue weighted by molar-refractivity contribution is 5.68. The summed E-state index contributed by atoms with van der Waals surface area (Å²) in [5.41, 5.74) is 0.770. The maximum absolute atomic E-state index is 11.8. The molecule has 0 aromatic heterocycles. The van der Waals surface area contributed by atoms with E-state index in [1.807, 2.05) is 12.1 Å². The van der Waals surface area contributed by atoms with Gasteiger partial charge in [0.25, 0.3) is 0 Å². The monoisotopic (exact) mass is 364 g/mol. The van der Waals surface area contributed by atoms with E-state index in [1.165, 1.54) is 12.0 Å². The van der Waals surface area contributed by atoms with Crippen LogP contribution in [0.1, 0.15) is 37.2 Å². The first-order chi connectivity index (χ1) is 12.5. The van der Waals surface area contributed by atoms with Gasteiger partial charge in [0.15, 0.2) is 11.5 Å². The fourth-order valence-corrected chi connectivity index (χ4v) is 3.81. The summed E-state index contributed by atoms with van der Waals surface area (Å²) < 4.78 is 16.2. The summed E-state index contributed by atoms with van der Waals surface area (Å²) in [5, 5.41) is 11.5. The number of rotatable bonds is 5. The van der Waals surface area contributed by atoms with Crippen LogP contribution in [-0.4, -0.2) is 55.4 Å². The topological polar surface area (TPSA) is 91.1 Å². The van der Waals surface area contributed by atoms with Crippen molar-refractivity contribution in [1.82, 2.24) is 4.90 Å². The maximum atomic E-state index is 11.8. The second-order valence-electron chi connectivity index (χ2n) is 6.77. The fourth-order valence-electron chi connectivity index (χ4n) is 3.81. The van der Waals surface area contributed by atoms with Crippen molar-refractivity contribution in [2.45, 2.75) is 43.7 Å². The Morgan fingerprint density at radius 1 is 1.19 bits per heavy atom. The van der Waals surface area contributed by atoms with Crippen molar-refractivity contribution >= 4 is 6.09 Å². The fraction of sp³-hybridized carbons (Fsp3) is 0.611. The molecule has 0 radical (unpaired) electrons. The number of carbonyl (C=O) groups is 1. The Morgan fingerprint density at radius 2 is 1.92 bits per heavy atom. The predicted octanol–water partition coefficient (Wildman–Crippen LogP) is 2.83. The van der Waals surface area contributed by atoms with Gasteiger partial charge in [-0.05, 0) is 43.4 Å². The summed E-state index contributed by atoms with van der Waals surface area (Å²) in [5.74, 6) is 0.803. The second kappa shape index (κ2) is 7.80. The summed E-state index contributed by atoms with van der Waals surface area (Å²) in [6.45, 7) is 0.280. The van der Waals surface area contributed by atoms with Gasteiger partial charge in [-0.15, -0.1) is 0 Å². The van der Waals surface area contributed by atoms with E-state index in [2.05, 4.69) is 0 Å². The van der Waals surface area contributed by atoms with Crippen LogP contribution in [-0.2, 0) is 4.74 Å². The number of ether oxygens (including phenoxy) is 3. The number of hydrogen-bond acceptors (Lipinski definition) is 6. The largest absolute Gasteiger partial charge is 0.493 e. The van der Waals surface area contributed by atoms with Gasteiger partial charge in [-0.25, -0.2) is 4.79 Å². The number of nitrogens with zero attached hydrogens (tertiary/aromatic N) is 2. The molecule has 8 heteroatoms. The Labute approximate surface area is 152 Å². The minimum atomic E-state index is -0.873. The first-order valence-electron chi connectivity index (χ1n) is 8.84. The van der Waals surface area contributed by atoms with Crippen molar-refractivity contribution in [3.05, 3.63) is 33.9 Å². The number of nitro groups is 1. The van der Waals surface area contributed by atoms with Gasteiger partial charge >= 0.3 is 6.09 Å². The Morgan fingerprint density at radius 3 is 2.54 bits per heavy atom. The van der Waals surface area contributed by atoms with Crippen LogP contribution >= 0.6 is 0 Å². The summed E-state index contributed by atoms with van der Waals surface area (Å²) in [6, 6.07) is 4.53. The first-order valence-corrected chi connectivity index (χ1v) is 8.84. The molecular formula is C18H24N2O6. The zero-order valence-electron chi connectivity index (χ0n) is 15.1. The summed E-state index contributed by atoms with van der Waals surface area (Å²) in [6.07, 6.45) is 3.91. The second-order valence-corrected chi connectivity index (χ2v) is 6.77. The average Bonchev–Trinajstić information content (AvgIpc) is 3.30. The zero-order chi connectivity index (χ0) is 18.7. The maximum Gasteiger partial charge on any atom is 0.409 e. The van der Waals surface area contributed by atoms with E-state index < -0.39 is 18.1 Å². The van der Waals surface area contributed by atoms with Crippen molar-refractivity contribution in [3.63, 3.8) is 0 Å². The van der Waals surface area contributed by atoms with Gasteiger partial charge in [-0.1, -0.05) is 6.07 Å². The van der Waals surface area contributed by atoms with E-state index in [4.69, 9.17) is 14.2 Å². The molecule has 8 nitrogen and oxygen atoms in total. The Kier molecular flexibility index (Phi) is 5.49. The lowest BCUT2D eigenvalue weighted by atomic mass is 9.94. The van der Waals surface area contributed by atoms with E-state index >= 15 is 0 Å². The number of benzene rings is 1. The third kappa shape index (κ3) is 3.68. The van der Waals surface area contributed by atoms with E-state index in [0.717, 1.165) is 31.2 Å². The minimum Gasteiger partial charge on any atom is -0.493 e. The SMILES string of the molecule is COC(=O)N1C[C@@H]([N+](=O)[O-])[C@H](c2ccc(OC)c(OC3CCCC3)c2)C1.